The molecule has 2 aliphatic carbocycles. The summed E-state index contributed by atoms with van der Waals surface area (Å²) in [6, 6.07) is -0.0577. The minimum Gasteiger partial charge on any atom is -0.464 e. The number of rotatable bonds is 4. The maximum Gasteiger partial charge on any atom is 0.360 e. The first-order valence-electron chi connectivity index (χ1n) is 7.80. The molecular formula is C15H21N3O4. The first-order chi connectivity index (χ1) is 10.6. The number of aromatic nitrogens is 3. The lowest BCUT2D eigenvalue weighted by atomic mass is 9.92. The molecule has 4 atom stereocenters. The van der Waals surface area contributed by atoms with Gasteiger partial charge in [-0.3, -0.25) is 4.79 Å². The minimum absolute atomic E-state index is 0.0577. The van der Waals surface area contributed by atoms with E-state index in [9.17, 15) is 9.59 Å². The SMILES string of the molecule is COC(=O)c1cn(C2CCCCC2OC(=O)C2CC2C)nn1. The van der Waals surface area contributed by atoms with E-state index < -0.39 is 5.97 Å². The average Bonchev–Trinajstić information content (AvgIpc) is 3.07. The van der Waals surface area contributed by atoms with Crippen LogP contribution < -0.4 is 0 Å². The zero-order valence-corrected chi connectivity index (χ0v) is 12.9. The molecule has 7 nitrogen and oxygen atoms in total. The van der Waals surface area contributed by atoms with Crippen LogP contribution in [0.4, 0.5) is 0 Å². The lowest BCUT2D eigenvalue weighted by Gasteiger charge is -2.30. The monoisotopic (exact) mass is 307 g/mol. The van der Waals surface area contributed by atoms with E-state index in [0.29, 0.717) is 5.92 Å². The largest absolute Gasteiger partial charge is 0.464 e. The van der Waals surface area contributed by atoms with Gasteiger partial charge in [-0.15, -0.1) is 5.10 Å². The fourth-order valence-electron chi connectivity index (χ4n) is 3.04. The highest BCUT2D eigenvalue weighted by Crippen LogP contribution is 2.40. The van der Waals surface area contributed by atoms with Gasteiger partial charge in [-0.05, 0) is 31.6 Å². The zero-order valence-electron chi connectivity index (χ0n) is 12.9. The van der Waals surface area contributed by atoms with Gasteiger partial charge in [-0.1, -0.05) is 18.6 Å². The highest BCUT2D eigenvalue weighted by molar-refractivity contribution is 5.86. The van der Waals surface area contributed by atoms with E-state index in [1.54, 1.807) is 10.9 Å². The fourth-order valence-corrected chi connectivity index (χ4v) is 3.04. The van der Waals surface area contributed by atoms with Crippen molar-refractivity contribution in [3.63, 3.8) is 0 Å². The van der Waals surface area contributed by atoms with Gasteiger partial charge in [-0.2, -0.15) is 0 Å². The Morgan fingerprint density at radius 3 is 2.73 bits per heavy atom. The van der Waals surface area contributed by atoms with E-state index in [-0.39, 0.29) is 29.7 Å². The molecule has 1 heterocycles. The van der Waals surface area contributed by atoms with Crippen molar-refractivity contribution in [2.45, 2.75) is 51.2 Å². The van der Waals surface area contributed by atoms with Gasteiger partial charge in [-0.25, -0.2) is 9.48 Å². The summed E-state index contributed by atoms with van der Waals surface area (Å²) < 4.78 is 12.0. The van der Waals surface area contributed by atoms with E-state index in [1.807, 2.05) is 0 Å². The van der Waals surface area contributed by atoms with Gasteiger partial charge in [0.2, 0.25) is 0 Å². The van der Waals surface area contributed by atoms with Gasteiger partial charge < -0.3 is 9.47 Å². The van der Waals surface area contributed by atoms with Crippen LogP contribution in [-0.4, -0.2) is 40.1 Å². The van der Waals surface area contributed by atoms with Crippen LogP contribution >= 0.6 is 0 Å². The van der Waals surface area contributed by atoms with Gasteiger partial charge in [0.25, 0.3) is 0 Å². The summed E-state index contributed by atoms with van der Waals surface area (Å²) in [4.78, 5) is 23.6. The quantitative estimate of drug-likeness (QED) is 0.788. The molecule has 2 fully saturated rings. The molecule has 4 unspecified atom stereocenters. The van der Waals surface area contributed by atoms with Crippen molar-refractivity contribution in [2.24, 2.45) is 11.8 Å². The van der Waals surface area contributed by atoms with Gasteiger partial charge in [0, 0.05) is 0 Å². The van der Waals surface area contributed by atoms with Gasteiger partial charge >= 0.3 is 11.9 Å². The van der Waals surface area contributed by atoms with E-state index in [0.717, 1.165) is 32.1 Å². The van der Waals surface area contributed by atoms with Crippen molar-refractivity contribution >= 4 is 11.9 Å². The van der Waals surface area contributed by atoms with Gasteiger partial charge in [0.05, 0.1) is 25.3 Å². The molecule has 1 aromatic heterocycles. The third kappa shape index (κ3) is 2.98. The second-order valence-electron chi connectivity index (χ2n) is 6.22. The molecule has 2 aliphatic rings. The van der Waals surface area contributed by atoms with Crippen LogP contribution in [0.2, 0.25) is 0 Å². The lowest BCUT2D eigenvalue weighted by molar-refractivity contribution is -0.155. The topological polar surface area (TPSA) is 83.3 Å². The predicted molar refractivity (Wildman–Crippen MR) is 76.0 cm³/mol. The maximum atomic E-state index is 12.1. The second-order valence-corrected chi connectivity index (χ2v) is 6.22. The molecule has 0 spiro atoms. The third-order valence-corrected chi connectivity index (χ3v) is 4.59. The minimum atomic E-state index is -0.512. The molecule has 0 aromatic carbocycles. The molecule has 22 heavy (non-hydrogen) atoms. The molecular weight excluding hydrogens is 286 g/mol. The standard InChI is InChI=1S/C15H21N3O4/c1-9-7-10(9)14(19)22-13-6-4-3-5-12(13)18-8-11(16-17-18)15(20)21-2/h8-10,12-13H,3-7H2,1-2H3. The molecule has 1 aromatic rings. The Bertz CT molecular complexity index is 571. The molecule has 0 amide bonds. The van der Waals surface area contributed by atoms with Crippen LogP contribution in [0.3, 0.4) is 0 Å². The Kier molecular flexibility index (Phi) is 4.13. The zero-order chi connectivity index (χ0) is 15.7. The van der Waals surface area contributed by atoms with Crippen LogP contribution in [0.1, 0.15) is 55.6 Å². The summed E-state index contributed by atoms with van der Waals surface area (Å²) in [5.41, 5.74) is 0.175. The van der Waals surface area contributed by atoms with Crippen molar-refractivity contribution in [1.82, 2.24) is 15.0 Å². The lowest BCUT2D eigenvalue weighted by Crippen LogP contribution is -2.33. The van der Waals surface area contributed by atoms with Crippen molar-refractivity contribution in [3.8, 4) is 0 Å². The van der Waals surface area contributed by atoms with E-state index >= 15 is 0 Å². The van der Waals surface area contributed by atoms with Crippen LogP contribution in [-0.2, 0) is 14.3 Å². The number of hydrogen-bond acceptors (Lipinski definition) is 6. The molecule has 0 N–H and O–H groups in total. The molecule has 0 aliphatic heterocycles. The first kappa shape index (κ1) is 15.0. The highest BCUT2D eigenvalue weighted by Gasteiger charge is 2.42. The summed E-state index contributed by atoms with van der Waals surface area (Å²) in [5.74, 6) is -0.115. The molecule has 120 valence electrons. The molecule has 0 saturated heterocycles. The van der Waals surface area contributed by atoms with Gasteiger partial charge in [0.15, 0.2) is 5.69 Å². The normalized spacial score (nSPS) is 30.6. The Morgan fingerprint density at radius 1 is 1.32 bits per heavy atom. The summed E-state index contributed by atoms with van der Waals surface area (Å²) in [6.07, 6.45) is 6.07. The second kappa shape index (κ2) is 6.06. The fraction of sp³-hybridized carbons (Fsp3) is 0.733. The number of carbonyl (C=O) groups excluding carboxylic acids is 2. The molecule has 0 bridgehead atoms. The average molecular weight is 307 g/mol. The van der Waals surface area contributed by atoms with Crippen LogP contribution in [0.5, 0.6) is 0 Å². The molecule has 3 rings (SSSR count). The van der Waals surface area contributed by atoms with E-state index in [2.05, 4.69) is 22.0 Å². The van der Waals surface area contributed by atoms with E-state index in [4.69, 9.17) is 4.74 Å². The smallest absolute Gasteiger partial charge is 0.360 e. The third-order valence-electron chi connectivity index (χ3n) is 4.59. The van der Waals surface area contributed by atoms with Crippen molar-refractivity contribution in [3.05, 3.63) is 11.9 Å². The summed E-state index contributed by atoms with van der Waals surface area (Å²) in [6.45, 7) is 2.06. The maximum absolute atomic E-state index is 12.1. The highest BCUT2D eigenvalue weighted by atomic mass is 16.5. The molecule has 7 heteroatoms. The van der Waals surface area contributed by atoms with Gasteiger partial charge in [0.1, 0.15) is 6.10 Å². The Morgan fingerprint density at radius 2 is 2.05 bits per heavy atom. The number of carbonyl (C=O) groups is 2. The van der Waals surface area contributed by atoms with Crippen molar-refractivity contribution in [1.29, 1.82) is 0 Å². The Balaban J connectivity index is 1.70. The molecule has 0 radical (unpaired) electrons. The van der Waals surface area contributed by atoms with Crippen LogP contribution in [0.25, 0.3) is 0 Å². The Labute approximate surface area is 129 Å². The Hall–Kier alpha value is -1.92. The summed E-state index contributed by atoms with van der Waals surface area (Å²) >= 11 is 0. The van der Waals surface area contributed by atoms with Crippen LogP contribution in [0.15, 0.2) is 6.20 Å². The predicted octanol–water partition coefficient (Wildman–Crippen LogP) is 1.75. The summed E-state index contributed by atoms with van der Waals surface area (Å²) in [5, 5.41) is 7.85. The number of ether oxygens (including phenoxy) is 2. The summed E-state index contributed by atoms with van der Waals surface area (Å²) in [7, 11) is 1.31. The number of hydrogen-bond donors (Lipinski definition) is 0. The number of esters is 2. The first-order valence-corrected chi connectivity index (χ1v) is 7.80. The van der Waals surface area contributed by atoms with Crippen molar-refractivity contribution < 1.29 is 19.1 Å². The van der Waals surface area contributed by atoms with Crippen LogP contribution in [0, 0.1) is 11.8 Å². The van der Waals surface area contributed by atoms with E-state index in [1.165, 1.54) is 7.11 Å². The number of methoxy groups -OCH3 is 1. The molecule has 2 saturated carbocycles. The van der Waals surface area contributed by atoms with Crippen molar-refractivity contribution in [2.75, 3.05) is 7.11 Å². The number of nitrogens with zero attached hydrogens (tertiary/aromatic N) is 3.